The van der Waals surface area contributed by atoms with E-state index < -0.39 is 0 Å². The highest BCUT2D eigenvalue weighted by molar-refractivity contribution is 6.01. The van der Waals surface area contributed by atoms with Gasteiger partial charge in [-0.1, -0.05) is 18.2 Å². The second-order valence-corrected chi connectivity index (χ2v) is 6.74. The van der Waals surface area contributed by atoms with Gasteiger partial charge in [0, 0.05) is 5.69 Å². The Kier molecular flexibility index (Phi) is 4.53. The van der Waals surface area contributed by atoms with Gasteiger partial charge in [-0.05, 0) is 73.9 Å². The van der Waals surface area contributed by atoms with E-state index in [-0.39, 0.29) is 11.7 Å². The highest BCUT2D eigenvalue weighted by atomic mass is 16.3. The van der Waals surface area contributed by atoms with E-state index in [0.29, 0.717) is 17.3 Å². The maximum Gasteiger partial charge on any atom is 0.295 e. The van der Waals surface area contributed by atoms with Gasteiger partial charge >= 0.3 is 0 Å². The molecule has 0 aliphatic rings. The Balaban J connectivity index is 1.72. The maximum absolute atomic E-state index is 12.8. The largest absolute Gasteiger partial charge is 0.461 e. The minimum absolute atomic E-state index is 0.0751. The molecule has 0 unspecified atom stereocenters. The first-order valence-electron chi connectivity index (χ1n) is 8.98. The highest BCUT2D eigenvalue weighted by Crippen LogP contribution is 2.23. The topological polar surface area (TPSA) is 73.0 Å². The molecule has 0 aliphatic carbocycles. The zero-order valence-corrected chi connectivity index (χ0v) is 15.9. The van der Waals surface area contributed by atoms with Crippen LogP contribution in [-0.4, -0.2) is 20.7 Å². The van der Waals surface area contributed by atoms with E-state index in [1.54, 1.807) is 23.1 Å². The van der Waals surface area contributed by atoms with Crippen LogP contribution in [0.5, 0.6) is 0 Å². The first kappa shape index (κ1) is 17.7. The lowest BCUT2D eigenvalue weighted by Gasteiger charge is -2.06. The van der Waals surface area contributed by atoms with E-state index in [2.05, 4.69) is 15.4 Å². The number of aryl methyl sites for hydroxylation is 3. The maximum atomic E-state index is 12.8. The van der Waals surface area contributed by atoms with Gasteiger partial charge in [0.1, 0.15) is 0 Å². The molecule has 2 aromatic carbocycles. The van der Waals surface area contributed by atoms with Gasteiger partial charge in [-0.2, -0.15) is 4.98 Å². The monoisotopic (exact) mass is 372 g/mol. The highest BCUT2D eigenvalue weighted by Gasteiger charge is 2.20. The van der Waals surface area contributed by atoms with Crippen LogP contribution in [0.4, 0.5) is 5.69 Å². The van der Waals surface area contributed by atoms with Crippen molar-refractivity contribution >= 4 is 11.6 Å². The molecule has 0 saturated carbocycles. The Labute approximate surface area is 162 Å². The molecule has 1 N–H and O–H groups in total. The molecule has 140 valence electrons. The second-order valence-electron chi connectivity index (χ2n) is 6.74. The van der Waals surface area contributed by atoms with Crippen LogP contribution in [0.1, 0.15) is 27.3 Å². The van der Waals surface area contributed by atoms with E-state index in [0.717, 1.165) is 16.8 Å². The summed E-state index contributed by atoms with van der Waals surface area (Å²) in [5.74, 6) is 0.716. The van der Waals surface area contributed by atoms with E-state index in [1.165, 1.54) is 5.56 Å². The third-order valence-corrected chi connectivity index (χ3v) is 4.56. The molecule has 0 radical (unpaired) electrons. The fourth-order valence-corrected chi connectivity index (χ4v) is 2.92. The number of aromatic nitrogens is 3. The molecular formula is C22H20N4O2. The lowest BCUT2D eigenvalue weighted by molar-refractivity contribution is 0.101. The van der Waals surface area contributed by atoms with Crippen molar-refractivity contribution in [1.82, 2.24) is 14.8 Å². The SMILES string of the molecule is Cc1cccc(-n2nc(C(=O)Nc3ccc(C)c(C)c3)nc2-c2ccco2)c1. The van der Waals surface area contributed by atoms with Gasteiger partial charge in [-0.15, -0.1) is 5.10 Å². The predicted molar refractivity (Wildman–Crippen MR) is 108 cm³/mol. The van der Waals surface area contributed by atoms with Crippen molar-refractivity contribution in [3.8, 4) is 17.3 Å². The van der Waals surface area contributed by atoms with E-state index in [1.807, 2.05) is 63.2 Å². The zero-order valence-electron chi connectivity index (χ0n) is 15.9. The summed E-state index contributed by atoms with van der Waals surface area (Å²) in [6.07, 6.45) is 1.57. The van der Waals surface area contributed by atoms with Crippen molar-refractivity contribution < 1.29 is 9.21 Å². The van der Waals surface area contributed by atoms with E-state index >= 15 is 0 Å². The first-order valence-corrected chi connectivity index (χ1v) is 8.98. The molecule has 2 aromatic heterocycles. The van der Waals surface area contributed by atoms with Crippen LogP contribution in [0.2, 0.25) is 0 Å². The molecule has 0 aliphatic heterocycles. The molecule has 4 aromatic rings. The molecule has 0 atom stereocenters. The smallest absolute Gasteiger partial charge is 0.295 e. The summed E-state index contributed by atoms with van der Waals surface area (Å²) >= 11 is 0. The van der Waals surface area contributed by atoms with Gasteiger partial charge in [0.2, 0.25) is 5.82 Å². The summed E-state index contributed by atoms with van der Waals surface area (Å²) in [5.41, 5.74) is 4.87. The van der Waals surface area contributed by atoms with Crippen LogP contribution in [-0.2, 0) is 0 Å². The minimum Gasteiger partial charge on any atom is -0.461 e. The standard InChI is InChI=1S/C22H20N4O2/c1-14-6-4-7-18(12-14)26-21(19-8-5-11-28-19)24-20(25-26)22(27)23-17-10-9-15(2)16(3)13-17/h4-13H,1-3H3,(H,23,27). The summed E-state index contributed by atoms with van der Waals surface area (Å²) in [5, 5.41) is 7.31. The number of rotatable bonds is 4. The molecule has 6 nitrogen and oxygen atoms in total. The van der Waals surface area contributed by atoms with Crippen LogP contribution in [0, 0.1) is 20.8 Å². The molecule has 1 amide bonds. The molecule has 0 bridgehead atoms. The molecule has 6 heteroatoms. The molecule has 28 heavy (non-hydrogen) atoms. The Morgan fingerprint density at radius 2 is 1.86 bits per heavy atom. The summed E-state index contributed by atoms with van der Waals surface area (Å²) < 4.78 is 7.12. The van der Waals surface area contributed by atoms with Crippen LogP contribution in [0.15, 0.2) is 65.3 Å². The number of benzene rings is 2. The third kappa shape index (κ3) is 3.44. The van der Waals surface area contributed by atoms with Crippen molar-refractivity contribution in [1.29, 1.82) is 0 Å². The number of furan rings is 1. The quantitative estimate of drug-likeness (QED) is 0.563. The van der Waals surface area contributed by atoms with Gasteiger partial charge in [0.25, 0.3) is 5.91 Å². The number of hydrogen-bond acceptors (Lipinski definition) is 4. The van der Waals surface area contributed by atoms with Crippen molar-refractivity contribution in [2.75, 3.05) is 5.32 Å². The number of carbonyl (C=O) groups is 1. The predicted octanol–water partition coefficient (Wildman–Crippen LogP) is 4.70. The normalized spacial score (nSPS) is 10.8. The minimum atomic E-state index is -0.373. The molecule has 4 rings (SSSR count). The second kappa shape index (κ2) is 7.15. The Morgan fingerprint density at radius 1 is 1.00 bits per heavy atom. The van der Waals surface area contributed by atoms with Crippen LogP contribution < -0.4 is 5.32 Å². The first-order chi connectivity index (χ1) is 13.5. The fourth-order valence-electron chi connectivity index (χ4n) is 2.92. The van der Waals surface area contributed by atoms with E-state index in [4.69, 9.17) is 4.42 Å². The van der Waals surface area contributed by atoms with Crippen molar-refractivity contribution in [2.45, 2.75) is 20.8 Å². The summed E-state index contributed by atoms with van der Waals surface area (Å²) in [6.45, 7) is 6.03. The Morgan fingerprint density at radius 3 is 2.57 bits per heavy atom. The van der Waals surface area contributed by atoms with Crippen molar-refractivity contribution in [3.05, 3.63) is 83.4 Å². The Hall–Kier alpha value is -3.67. The van der Waals surface area contributed by atoms with E-state index in [9.17, 15) is 4.79 Å². The number of nitrogens with one attached hydrogen (secondary N) is 1. The third-order valence-electron chi connectivity index (χ3n) is 4.56. The summed E-state index contributed by atoms with van der Waals surface area (Å²) in [4.78, 5) is 17.2. The number of carbonyl (C=O) groups excluding carboxylic acids is 1. The average molecular weight is 372 g/mol. The lowest BCUT2D eigenvalue weighted by Crippen LogP contribution is -2.14. The number of anilines is 1. The zero-order chi connectivity index (χ0) is 19.7. The molecule has 0 spiro atoms. The van der Waals surface area contributed by atoms with Crippen molar-refractivity contribution in [2.24, 2.45) is 0 Å². The molecular weight excluding hydrogens is 352 g/mol. The van der Waals surface area contributed by atoms with Gasteiger partial charge in [0.15, 0.2) is 11.6 Å². The van der Waals surface area contributed by atoms with Gasteiger partial charge in [0.05, 0.1) is 12.0 Å². The summed E-state index contributed by atoms with van der Waals surface area (Å²) in [7, 11) is 0. The molecule has 0 fully saturated rings. The number of hydrogen-bond donors (Lipinski definition) is 1. The van der Waals surface area contributed by atoms with Crippen LogP contribution in [0.3, 0.4) is 0 Å². The van der Waals surface area contributed by atoms with Gasteiger partial charge < -0.3 is 9.73 Å². The number of amides is 1. The van der Waals surface area contributed by atoms with Crippen LogP contribution >= 0.6 is 0 Å². The average Bonchev–Trinajstić information content (AvgIpc) is 3.34. The van der Waals surface area contributed by atoms with Crippen LogP contribution in [0.25, 0.3) is 17.3 Å². The lowest BCUT2D eigenvalue weighted by atomic mass is 10.1. The van der Waals surface area contributed by atoms with Crippen molar-refractivity contribution in [3.63, 3.8) is 0 Å². The number of nitrogens with zero attached hydrogens (tertiary/aromatic N) is 3. The Bertz CT molecular complexity index is 1140. The molecule has 2 heterocycles. The van der Waals surface area contributed by atoms with Gasteiger partial charge in [-0.3, -0.25) is 4.79 Å². The fraction of sp³-hybridized carbons (Fsp3) is 0.136. The summed E-state index contributed by atoms with van der Waals surface area (Å²) in [6, 6.07) is 17.2. The van der Waals surface area contributed by atoms with Gasteiger partial charge in [-0.25, -0.2) is 4.68 Å². The molecule has 0 saturated heterocycles.